The van der Waals surface area contributed by atoms with Gasteiger partial charge in [0.15, 0.2) is 0 Å². The van der Waals surface area contributed by atoms with Crippen molar-refractivity contribution in [2.75, 3.05) is 13.1 Å². The molecule has 2 amide bonds. The van der Waals surface area contributed by atoms with Crippen molar-refractivity contribution in [1.29, 1.82) is 0 Å². The second-order valence-corrected chi connectivity index (χ2v) is 9.29. The van der Waals surface area contributed by atoms with E-state index in [0.717, 1.165) is 5.56 Å². The zero-order valence-corrected chi connectivity index (χ0v) is 17.4. The summed E-state index contributed by atoms with van der Waals surface area (Å²) in [4.78, 5) is 24.0. The summed E-state index contributed by atoms with van der Waals surface area (Å²) in [5.41, 5.74) is 6.43. The first-order valence-corrected chi connectivity index (χ1v) is 11.0. The number of nitrogens with two attached hydrogens (primary N) is 1. The Bertz CT molecular complexity index is 993. The van der Waals surface area contributed by atoms with Crippen LogP contribution in [0.25, 0.3) is 0 Å². The summed E-state index contributed by atoms with van der Waals surface area (Å²) in [7, 11) is -2.17. The second kappa shape index (κ2) is 8.38. The van der Waals surface area contributed by atoms with Crippen molar-refractivity contribution in [3.8, 4) is 0 Å². The summed E-state index contributed by atoms with van der Waals surface area (Å²) in [6.07, 6.45) is 2.28. The molecular weight excluding hydrogens is 392 g/mol. The maximum absolute atomic E-state index is 12.9. The summed E-state index contributed by atoms with van der Waals surface area (Å²) in [5.74, 6) is -0.976. The van der Waals surface area contributed by atoms with Crippen LogP contribution < -0.4 is 11.1 Å². The SMILES string of the molecule is C[C@@H](NC(=O)C1CCN(S(=O)(=O)c2cc(C(N)=O)n(C)c2)CC1)c1ccccc1. The van der Waals surface area contributed by atoms with Crippen molar-refractivity contribution in [2.24, 2.45) is 18.7 Å². The van der Waals surface area contributed by atoms with E-state index in [2.05, 4.69) is 5.32 Å². The van der Waals surface area contributed by atoms with Gasteiger partial charge < -0.3 is 15.6 Å². The number of carbonyl (C=O) groups excluding carboxylic acids is 2. The van der Waals surface area contributed by atoms with Crippen LogP contribution in [0.4, 0.5) is 0 Å². The summed E-state index contributed by atoms with van der Waals surface area (Å²) >= 11 is 0. The van der Waals surface area contributed by atoms with Crippen LogP contribution in [-0.4, -0.2) is 42.2 Å². The third kappa shape index (κ3) is 4.51. The van der Waals surface area contributed by atoms with E-state index in [1.165, 1.54) is 21.1 Å². The first kappa shape index (κ1) is 21.1. The maximum Gasteiger partial charge on any atom is 0.265 e. The van der Waals surface area contributed by atoms with Crippen molar-refractivity contribution in [3.05, 3.63) is 53.9 Å². The number of primary amides is 1. The van der Waals surface area contributed by atoms with Gasteiger partial charge in [0.1, 0.15) is 10.6 Å². The van der Waals surface area contributed by atoms with Gasteiger partial charge in [0.25, 0.3) is 5.91 Å². The predicted octanol–water partition coefficient (Wildman–Crippen LogP) is 1.40. The number of aromatic nitrogens is 1. The van der Waals surface area contributed by atoms with E-state index in [0.29, 0.717) is 12.8 Å². The van der Waals surface area contributed by atoms with Crippen molar-refractivity contribution in [1.82, 2.24) is 14.2 Å². The predicted molar refractivity (Wildman–Crippen MR) is 108 cm³/mol. The van der Waals surface area contributed by atoms with E-state index in [1.807, 2.05) is 37.3 Å². The highest BCUT2D eigenvalue weighted by atomic mass is 32.2. The van der Waals surface area contributed by atoms with Crippen LogP contribution in [-0.2, 0) is 21.9 Å². The highest BCUT2D eigenvalue weighted by Gasteiger charge is 2.33. The summed E-state index contributed by atoms with van der Waals surface area (Å²) in [6.45, 7) is 2.43. The monoisotopic (exact) mass is 418 g/mol. The van der Waals surface area contributed by atoms with E-state index < -0.39 is 15.9 Å². The number of nitrogens with one attached hydrogen (secondary N) is 1. The van der Waals surface area contributed by atoms with Crippen molar-refractivity contribution in [2.45, 2.75) is 30.7 Å². The Morgan fingerprint density at radius 1 is 1.17 bits per heavy atom. The van der Waals surface area contributed by atoms with Crippen LogP contribution in [0.2, 0.25) is 0 Å². The van der Waals surface area contributed by atoms with Gasteiger partial charge in [-0.05, 0) is 31.4 Å². The Morgan fingerprint density at radius 2 is 1.79 bits per heavy atom. The molecule has 1 aliphatic heterocycles. The standard InChI is InChI=1S/C20H26N4O4S/c1-14(15-6-4-3-5-7-15)22-20(26)16-8-10-24(11-9-16)29(27,28)17-12-18(19(21)25)23(2)13-17/h3-7,12-14,16H,8-11H2,1-2H3,(H2,21,25)(H,22,26)/t14-/m1/s1. The van der Waals surface area contributed by atoms with Gasteiger partial charge in [-0.3, -0.25) is 9.59 Å². The normalized spacial score (nSPS) is 17.0. The van der Waals surface area contributed by atoms with Gasteiger partial charge in [-0.2, -0.15) is 4.31 Å². The Labute approximate surface area is 170 Å². The number of sulfonamides is 1. The van der Waals surface area contributed by atoms with E-state index >= 15 is 0 Å². The minimum atomic E-state index is -3.74. The zero-order valence-electron chi connectivity index (χ0n) is 16.5. The van der Waals surface area contributed by atoms with Crippen LogP contribution in [0.3, 0.4) is 0 Å². The fourth-order valence-electron chi connectivity index (χ4n) is 3.58. The lowest BCUT2D eigenvalue weighted by molar-refractivity contribution is -0.126. The van der Waals surface area contributed by atoms with E-state index in [1.54, 1.807) is 7.05 Å². The molecule has 8 nitrogen and oxygen atoms in total. The molecule has 9 heteroatoms. The van der Waals surface area contributed by atoms with Crippen LogP contribution >= 0.6 is 0 Å². The molecule has 1 aromatic carbocycles. The van der Waals surface area contributed by atoms with Gasteiger partial charge in [0.2, 0.25) is 15.9 Å². The molecule has 156 valence electrons. The fraction of sp³-hybridized carbons (Fsp3) is 0.400. The van der Waals surface area contributed by atoms with Crippen LogP contribution in [0.5, 0.6) is 0 Å². The highest BCUT2D eigenvalue weighted by Crippen LogP contribution is 2.25. The first-order valence-electron chi connectivity index (χ1n) is 9.52. The lowest BCUT2D eigenvalue weighted by Gasteiger charge is -2.31. The third-order valence-electron chi connectivity index (χ3n) is 5.35. The van der Waals surface area contributed by atoms with Crippen LogP contribution in [0.1, 0.15) is 41.9 Å². The minimum absolute atomic E-state index is 0.0365. The quantitative estimate of drug-likeness (QED) is 0.738. The second-order valence-electron chi connectivity index (χ2n) is 7.36. The van der Waals surface area contributed by atoms with Crippen molar-refractivity contribution < 1.29 is 18.0 Å². The van der Waals surface area contributed by atoms with Crippen LogP contribution in [0, 0.1) is 5.92 Å². The molecule has 3 rings (SSSR count). The van der Waals surface area contributed by atoms with Gasteiger partial charge in [-0.15, -0.1) is 0 Å². The molecule has 0 bridgehead atoms. The molecule has 1 fully saturated rings. The Morgan fingerprint density at radius 3 is 2.34 bits per heavy atom. The summed E-state index contributed by atoms with van der Waals surface area (Å²) in [6, 6.07) is 10.9. The average Bonchev–Trinajstić information content (AvgIpc) is 3.11. The third-order valence-corrected chi connectivity index (χ3v) is 7.22. The number of rotatable bonds is 6. The van der Waals surface area contributed by atoms with Gasteiger partial charge in [-0.25, -0.2) is 8.42 Å². The molecule has 1 atom stereocenters. The number of nitrogens with zero attached hydrogens (tertiary/aromatic N) is 2. The molecule has 0 aliphatic carbocycles. The molecule has 0 unspecified atom stereocenters. The molecular formula is C20H26N4O4S. The topological polar surface area (TPSA) is 114 Å². The molecule has 29 heavy (non-hydrogen) atoms. The number of carbonyl (C=O) groups is 2. The van der Waals surface area contributed by atoms with Crippen molar-refractivity contribution in [3.63, 3.8) is 0 Å². The number of aryl methyl sites for hydroxylation is 1. The fourth-order valence-corrected chi connectivity index (χ4v) is 5.13. The van der Waals surface area contributed by atoms with Crippen molar-refractivity contribution >= 4 is 21.8 Å². The van der Waals surface area contributed by atoms with E-state index in [4.69, 9.17) is 5.73 Å². The lowest BCUT2D eigenvalue weighted by Crippen LogP contribution is -2.43. The summed E-state index contributed by atoms with van der Waals surface area (Å²) < 4.78 is 28.5. The largest absolute Gasteiger partial charge is 0.364 e. The van der Waals surface area contributed by atoms with Gasteiger partial charge in [-0.1, -0.05) is 30.3 Å². The molecule has 0 radical (unpaired) electrons. The molecule has 2 heterocycles. The van der Waals surface area contributed by atoms with Gasteiger partial charge >= 0.3 is 0 Å². The number of benzene rings is 1. The smallest absolute Gasteiger partial charge is 0.265 e. The van der Waals surface area contributed by atoms with Gasteiger partial charge in [0.05, 0.1) is 6.04 Å². The Balaban J connectivity index is 1.61. The van der Waals surface area contributed by atoms with Crippen LogP contribution in [0.15, 0.2) is 47.5 Å². The average molecular weight is 419 g/mol. The molecule has 0 saturated carbocycles. The lowest BCUT2D eigenvalue weighted by atomic mass is 9.96. The zero-order chi connectivity index (χ0) is 21.2. The molecule has 2 aromatic rings. The minimum Gasteiger partial charge on any atom is -0.364 e. The molecule has 0 spiro atoms. The molecule has 1 aliphatic rings. The number of hydrogen-bond donors (Lipinski definition) is 2. The summed E-state index contributed by atoms with van der Waals surface area (Å²) in [5, 5.41) is 3.01. The number of amides is 2. The molecule has 1 aromatic heterocycles. The van der Waals surface area contributed by atoms with Gasteiger partial charge in [0, 0.05) is 32.3 Å². The highest BCUT2D eigenvalue weighted by molar-refractivity contribution is 7.89. The molecule has 1 saturated heterocycles. The Hall–Kier alpha value is -2.65. The Kier molecular flexibility index (Phi) is 6.09. The molecule has 3 N–H and O–H groups in total. The maximum atomic E-state index is 12.9. The number of piperidine rings is 1. The first-order chi connectivity index (χ1) is 13.7. The van der Waals surface area contributed by atoms with E-state index in [-0.39, 0.29) is 41.5 Å². The van der Waals surface area contributed by atoms with E-state index in [9.17, 15) is 18.0 Å². The number of hydrogen-bond acceptors (Lipinski definition) is 4.